The number of halogens is 2. The van der Waals surface area contributed by atoms with E-state index in [0.29, 0.717) is 10.7 Å². The molecule has 0 spiro atoms. The minimum absolute atomic E-state index is 0.137. The molecule has 0 saturated heterocycles. The van der Waals surface area contributed by atoms with Crippen LogP contribution in [0.3, 0.4) is 0 Å². The van der Waals surface area contributed by atoms with E-state index >= 15 is 0 Å². The summed E-state index contributed by atoms with van der Waals surface area (Å²) in [6, 6.07) is 9.03. The lowest BCUT2D eigenvalue weighted by Crippen LogP contribution is -2.29. The largest absolute Gasteiger partial charge is 0.330 e. The van der Waals surface area contributed by atoms with Gasteiger partial charge < -0.3 is 9.88 Å². The van der Waals surface area contributed by atoms with Crippen LogP contribution >= 0.6 is 23.2 Å². The molecule has 0 radical (unpaired) electrons. The Labute approximate surface area is 169 Å². The van der Waals surface area contributed by atoms with Crippen LogP contribution in [-0.2, 0) is 7.05 Å². The van der Waals surface area contributed by atoms with Gasteiger partial charge in [0.2, 0.25) is 0 Å². The SMILES string of the molecule is Cn1ccnc1C(=O)Nc1ccc(N2C(=O)c3ccc(Cl)cc3C2=O)c(Cl)c1. The van der Waals surface area contributed by atoms with Crippen LogP contribution in [0.1, 0.15) is 31.3 Å². The maximum absolute atomic E-state index is 12.7. The Kier molecular flexibility index (Phi) is 4.41. The van der Waals surface area contributed by atoms with E-state index in [0.717, 1.165) is 4.90 Å². The van der Waals surface area contributed by atoms with E-state index in [1.807, 2.05) is 0 Å². The van der Waals surface area contributed by atoms with Crippen LogP contribution in [0.25, 0.3) is 0 Å². The molecule has 140 valence electrons. The molecule has 2 heterocycles. The Morgan fingerprint density at radius 2 is 1.79 bits per heavy atom. The molecule has 0 atom stereocenters. The molecule has 3 aromatic rings. The highest BCUT2D eigenvalue weighted by molar-refractivity contribution is 6.40. The van der Waals surface area contributed by atoms with Gasteiger partial charge in [-0.3, -0.25) is 14.4 Å². The van der Waals surface area contributed by atoms with Crippen LogP contribution in [0.2, 0.25) is 10.0 Å². The number of aromatic nitrogens is 2. The molecular formula is C19H12Cl2N4O3. The van der Waals surface area contributed by atoms with Crippen LogP contribution in [-0.4, -0.2) is 27.3 Å². The molecule has 2 aromatic carbocycles. The minimum atomic E-state index is -0.505. The van der Waals surface area contributed by atoms with Crippen molar-refractivity contribution in [1.29, 1.82) is 0 Å². The molecule has 9 heteroatoms. The molecule has 0 fully saturated rings. The fourth-order valence-electron chi connectivity index (χ4n) is 2.97. The topological polar surface area (TPSA) is 84.3 Å². The first-order valence-corrected chi connectivity index (χ1v) is 8.89. The van der Waals surface area contributed by atoms with Gasteiger partial charge in [0, 0.05) is 30.2 Å². The average molecular weight is 415 g/mol. The van der Waals surface area contributed by atoms with Gasteiger partial charge >= 0.3 is 0 Å². The molecule has 3 amide bonds. The van der Waals surface area contributed by atoms with Gasteiger partial charge in [-0.25, -0.2) is 9.88 Å². The standard InChI is InChI=1S/C19H12Cl2N4O3/c1-24-7-6-22-16(24)17(26)23-11-3-5-15(14(21)9-11)25-18(27)12-4-2-10(20)8-13(12)19(25)28/h2-9H,1H3,(H,23,26). The van der Waals surface area contributed by atoms with Crippen LogP contribution in [0.5, 0.6) is 0 Å². The number of anilines is 2. The number of hydrogen-bond acceptors (Lipinski definition) is 4. The average Bonchev–Trinajstić information content (AvgIpc) is 3.18. The lowest BCUT2D eigenvalue weighted by atomic mass is 10.1. The summed E-state index contributed by atoms with van der Waals surface area (Å²) in [6.45, 7) is 0. The third-order valence-corrected chi connectivity index (χ3v) is 4.86. The van der Waals surface area contributed by atoms with Crippen LogP contribution in [0.15, 0.2) is 48.8 Å². The molecular weight excluding hydrogens is 403 g/mol. The zero-order valence-corrected chi connectivity index (χ0v) is 16.0. The summed E-state index contributed by atoms with van der Waals surface area (Å²) in [5.41, 5.74) is 1.11. The first-order valence-electron chi connectivity index (χ1n) is 8.13. The third kappa shape index (κ3) is 2.94. The summed E-state index contributed by atoms with van der Waals surface area (Å²) in [5.74, 6) is -1.17. The highest BCUT2D eigenvalue weighted by Crippen LogP contribution is 2.35. The number of nitrogens with zero attached hydrogens (tertiary/aromatic N) is 3. The molecule has 7 nitrogen and oxygen atoms in total. The summed E-state index contributed by atoms with van der Waals surface area (Å²) in [5, 5.41) is 3.18. The number of benzene rings is 2. The lowest BCUT2D eigenvalue weighted by Gasteiger charge is -2.16. The first-order chi connectivity index (χ1) is 13.4. The van der Waals surface area contributed by atoms with E-state index in [2.05, 4.69) is 10.3 Å². The van der Waals surface area contributed by atoms with Crippen molar-refractivity contribution in [2.45, 2.75) is 0 Å². The van der Waals surface area contributed by atoms with E-state index < -0.39 is 17.7 Å². The van der Waals surface area contributed by atoms with Gasteiger partial charge in [0.25, 0.3) is 17.7 Å². The van der Waals surface area contributed by atoms with E-state index in [-0.39, 0.29) is 27.7 Å². The molecule has 0 aliphatic carbocycles. The summed E-state index contributed by atoms with van der Waals surface area (Å²) in [4.78, 5) is 42.6. The third-order valence-electron chi connectivity index (χ3n) is 4.32. The summed E-state index contributed by atoms with van der Waals surface area (Å²) >= 11 is 12.2. The molecule has 1 aliphatic rings. The van der Waals surface area contributed by atoms with E-state index in [9.17, 15) is 14.4 Å². The van der Waals surface area contributed by atoms with Gasteiger partial charge in [-0.15, -0.1) is 0 Å². The fraction of sp³-hybridized carbons (Fsp3) is 0.0526. The van der Waals surface area contributed by atoms with Crippen molar-refractivity contribution in [3.63, 3.8) is 0 Å². The monoisotopic (exact) mass is 414 g/mol. The number of amides is 3. The number of hydrogen-bond donors (Lipinski definition) is 1. The van der Waals surface area contributed by atoms with Crippen LogP contribution in [0.4, 0.5) is 11.4 Å². The van der Waals surface area contributed by atoms with Crippen molar-refractivity contribution < 1.29 is 14.4 Å². The highest BCUT2D eigenvalue weighted by atomic mass is 35.5. The second kappa shape index (κ2) is 6.78. The van der Waals surface area contributed by atoms with Gasteiger partial charge in [-0.1, -0.05) is 23.2 Å². The van der Waals surface area contributed by atoms with E-state index in [1.54, 1.807) is 29.9 Å². The van der Waals surface area contributed by atoms with Crippen molar-refractivity contribution in [1.82, 2.24) is 9.55 Å². The summed E-state index contributed by atoms with van der Waals surface area (Å²) in [6.07, 6.45) is 3.17. The number of imide groups is 1. The molecule has 0 saturated carbocycles. The first kappa shape index (κ1) is 18.2. The molecule has 1 aliphatic heterocycles. The number of carbonyl (C=O) groups excluding carboxylic acids is 3. The summed E-state index contributed by atoms with van der Waals surface area (Å²) in [7, 11) is 1.70. The predicted molar refractivity (Wildman–Crippen MR) is 105 cm³/mol. The number of imidazole rings is 1. The van der Waals surface area contributed by atoms with Crippen LogP contribution < -0.4 is 10.2 Å². The Hall–Kier alpha value is -3.16. The second-order valence-electron chi connectivity index (χ2n) is 6.12. The Balaban J connectivity index is 1.62. The Morgan fingerprint density at radius 1 is 1.04 bits per heavy atom. The highest BCUT2D eigenvalue weighted by Gasteiger charge is 2.37. The summed E-state index contributed by atoms with van der Waals surface area (Å²) < 4.78 is 1.58. The fourth-order valence-corrected chi connectivity index (χ4v) is 3.41. The predicted octanol–water partition coefficient (Wildman–Crippen LogP) is 3.78. The molecule has 0 unspecified atom stereocenters. The smallest absolute Gasteiger partial charge is 0.291 e. The Bertz CT molecular complexity index is 1160. The normalized spacial score (nSPS) is 13.0. The van der Waals surface area contributed by atoms with Gasteiger partial charge in [0.1, 0.15) is 0 Å². The molecule has 28 heavy (non-hydrogen) atoms. The Morgan fingerprint density at radius 3 is 2.46 bits per heavy atom. The molecule has 0 bridgehead atoms. The molecule has 1 aromatic heterocycles. The van der Waals surface area contributed by atoms with Gasteiger partial charge in [0.05, 0.1) is 21.8 Å². The van der Waals surface area contributed by atoms with Gasteiger partial charge in [-0.2, -0.15) is 0 Å². The number of aryl methyl sites for hydroxylation is 1. The number of nitrogens with one attached hydrogen (secondary N) is 1. The number of fused-ring (bicyclic) bond motifs is 1. The maximum Gasteiger partial charge on any atom is 0.291 e. The van der Waals surface area contributed by atoms with Gasteiger partial charge in [-0.05, 0) is 36.4 Å². The quantitative estimate of drug-likeness (QED) is 0.660. The minimum Gasteiger partial charge on any atom is -0.330 e. The lowest BCUT2D eigenvalue weighted by molar-refractivity contribution is 0.0924. The van der Waals surface area contributed by atoms with Crippen molar-refractivity contribution in [2.24, 2.45) is 7.05 Å². The van der Waals surface area contributed by atoms with E-state index in [4.69, 9.17) is 23.2 Å². The van der Waals surface area contributed by atoms with Crippen molar-refractivity contribution in [3.8, 4) is 0 Å². The number of rotatable bonds is 3. The van der Waals surface area contributed by atoms with Crippen LogP contribution in [0, 0.1) is 0 Å². The second-order valence-corrected chi connectivity index (χ2v) is 6.96. The van der Waals surface area contributed by atoms with Crippen molar-refractivity contribution in [2.75, 3.05) is 10.2 Å². The van der Waals surface area contributed by atoms with E-state index in [1.165, 1.54) is 30.5 Å². The number of carbonyl (C=O) groups is 3. The van der Waals surface area contributed by atoms with Crippen molar-refractivity contribution in [3.05, 3.63) is 75.8 Å². The van der Waals surface area contributed by atoms with Gasteiger partial charge in [0.15, 0.2) is 5.82 Å². The van der Waals surface area contributed by atoms with Crippen molar-refractivity contribution >= 4 is 52.3 Å². The molecule has 4 rings (SSSR count). The maximum atomic E-state index is 12.7. The zero-order chi connectivity index (χ0) is 20.0. The molecule has 1 N–H and O–H groups in total. The zero-order valence-electron chi connectivity index (χ0n) is 14.4.